The third-order valence-electron chi connectivity index (χ3n) is 4.25. The highest BCUT2D eigenvalue weighted by atomic mass is 32.1. The number of para-hydroxylation sites is 2. The Labute approximate surface area is 162 Å². The van der Waals surface area contributed by atoms with Crippen molar-refractivity contribution in [2.45, 2.75) is 13.2 Å². The number of nitrogens with zero attached hydrogens (tertiary/aromatic N) is 6. The van der Waals surface area contributed by atoms with E-state index in [1.54, 1.807) is 6.33 Å². The normalized spacial score (nSPS) is 11.2. The van der Waals surface area contributed by atoms with Crippen molar-refractivity contribution >= 4 is 12.2 Å². The van der Waals surface area contributed by atoms with Gasteiger partial charge in [0.05, 0.1) is 18.6 Å². The minimum atomic E-state index is 0.606. The molecule has 0 spiro atoms. The molecule has 6 nitrogen and oxygen atoms in total. The molecule has 0 fully saturated rings. The van der Waals surface area contributed by atoms with E-state index in [0.717, 1.165) is 23.5 Å². The van der Waals surface area contributed by atoms with Crippen molar-refractivity contribution < 1.29 is 0 Å². The summed E-state index contributed by atoms with van der Waals surface area (Å²) in [6.07, 6.45) is 5.71. The Balaban J connectivity index is 1.45. The third kappa shape index (κ3) is 3.89. The van der Waals surface area contributed by atoms with Crippen molar-refractivity contribution in [3.05, 3.63) is 89.7 Å². The van der Waals surface area contributed by atoms with Crippen LogP contribution in [0.5, 0.6) is 0 Å². The Morgan fingerprint density at radius 1 is 0.926 bits per heavy atom. The molecule has 0 saturated carbocycles. The van der Waals surface area contributed by atoms with Crippen LogP contribution in [0.1, 0.15) is 5.56 Å². The van der Waals surface area contributed by atoms with E-state index in [9.17, 15) is 0 Å². The molecule has 4 aromatic rings. The fraction of sp³-hybridized carbons (Fsp3) is 0.150. The average molecular weight is 376 g/mol. The molecule has 27 heavy (non-hydrogen) atoms. The van der Waals surface area contributed by atoms with E-state index in [2.05, 4.69) is 15.1 Å². The minimum Gasteiger partial charge on any atom is -0.283 e. The maximum absolute atomic E-state index is 5.58. The van der Waals surface area contributed by atoms with E-state index >= 15 is 0 Å². The smallest absolute Gasteiger partial charge is 0.203 e. The molecule has 0 radical (unpaired) electrons. The molecule has 0 saturated heterocycles. The van der Waals surface area contributed by atoms with Crippen LogP contribution in [0.15, 0.2) is 79.4 Å². The molecule has 2 heterocycles. The first-order chi connectivity index (χ1) is 13.2. The zero-order chi connectivity index (χ0) is 18.6. The van der Waals surface area contributed by atoms with Crippen molar-refractivity contribution in [1.29, 1.82) is 0 Å². The SMILES string of the molecule is CN(Cc1cnn(-c2ccccc2)c1)Cn1ncn(-c2ccccc2)c1=S. The van der Waals surface area contributed by atoms with Gasteiger partial charge in [0, 0.05) is 24.0 Å². The third-order valence-corrected chi connectivity index (χ3v) is 4.66. The van der Waals surface area contributed by atoms with E-state index in [1.807, 2.05) is 94.0 Å². The fourth-order valence-electron chi connectivity index (χ4n) is 2.95. The van der Waals surface area contributed by atoms with Crippen LogP contribution in [0.3, 0.4) is 0 Å². The van der Waals surface area contributed by atoms with E-state index in [4.69, 9.17) is 12.2 Å². The molecule has 0 aliphatic carbocycles. The van der Waals surface area contributed by atoms with Crippen molar-refractivity contribution in [3.63, 3.8) is 0 Å². The molecular formula is C20H20N6S. The lowest BCUT2D eigenvalue weighted by Gasteiger charge is -2.15. The molecule has 0 aliphatic rings. The zero-order valence-electron chi connectivity index (χ0n) is 15.0. The largest absolute Gasteiger partial charge is 0.283 e. The Hall–Kier alpha value is -3.03. The predicted molar refractivity (Wildman–Crippen MR) is 107 cm³/mol. The second-order valence-electron chi connectivity index (χ2n) is 6.40. The van der Waals surface area contributed by atoms with Crippen LogP contribution in [-0.2, 0) is 13.2 Å². The van der Waals surface area contributed by atoms with Gasteiger partial charge in [-0.3, -0.25) is 9.47 Å². The van der Waals surface area contributed by atoms with Gasteiger partial charge in [-0.25, -0.2) is 9.36 Å². The lowest BCUT2D eigenvalue weighted by Crippen LogP contribution is -2.22. The van der Waals surface area contributed by atoms with E-state index in [1.165, 1.54) is 0 Å². The molecule has 7 heteroatoms. The van der Waals surface area contributed by atoms with Gasteiger partial charge in [0.15, 0.2) is 0 Å². The van der Waals surface area contributed by atoms with Crippen molar-refractivity contribution in [2.75, 3.05) is 7.05 Å². The number of aromatic nitrogens is 5. The summed E-state index contributed by atoms with van der Waals surface area (Å²) in [5.41, 5.74) is 3.20. The quantitative estimate of drug-likeness (QED) is 0.482. The van der Waals surface area contributed by atoms with Gasteiger partial charge in [-0.05, 0) is 43.5 Å². The van der Waals surface area contributed by atoms with Gasteiger partial charge >= 0.3 is 0 Å². The molecule has 0 bridgehead atoms. The fourth-order valence-corrected chi connectivity index (χ4v) is 3.21. The van der Waals surface area contributed by atoms with E-state index < -0.39 is 0 Å². The van der Waals surface area contributed by atoms with Crippen molar-refractivity contribution in [3.8, 4) is 11.4 Å². The summed E-state index contributed by atoms with van der Waals surface area (Å²) in [7, 11) is 2.04. The highest BCUT2D eigenvalue weighted by Crippen LogP contribution is 2.11. The first-order valence-electron chi connectivity index (χ1n) is 8.68. The van der Waals surface area contributed by atoms with Crippen molar-refractivity contribution in [2.24, 2.45) is 0 Å². The summed E-state index contributed by atoms with van der Waals surface area (Å²) in [4.78, 5) is 2.16. The van der Waals surface area contributed by atoms with Crippen LogP contribution >= 0.6 is 12.2 Å². The monoisotopic (exact) mass is 376 g/mol. The zero-order valence-corrected chi connectivity index (χ0v) is 15.8. The molecule has 0 atom stereocenters. The Morgan fingerprint density at radius 2 is 1.59 bits per heavy atom. The highest BCUT2D eigenvalue weighted by Gasteiger charge is 2.08. The summed E-state index contributed by atoms with van der Waals surface area (Å²) >= 11 is 5.58. The molecule has 2 aromatic heterocycles. The van der Waals surface area contributed by atoms with E-state index in [-0.39, 0.29) is 0 Å². The maximum atomic E-state index is 5.58. The Bertz CT molecular complexity index is 1060. The van der Waals surface area contributed by atoms with E-state index in [0.29, 0.717) is 11.4 Å². The minimum absolute atomic E-state index is 0.606. The Kier molecular flexibility index (Phi) is 4.95. The average Bonchev–Trinajstić information content (AvgIpc) is 3.30. The molecule has 0 N–H and O–H groups in total. The summed E-state index contributed by atoms with van der Waals surface area (Å²) in [6.45, 7) is 1.36. The second kappa shape index (κ2) is 7.69. The van der Waals surface area contributed by atoms with Crippen molar-refractivity contribution in [1.82, 2.24) is 29.0 Å². The van der Waals surface area contributed by atoms with Gasteiger partial charge in [-0.15, -0.1) is 0 Å². The number of rotatable bonds is 6. The lowest BCUT2D eigenvalue weighted by atomic mass is 10.3. The van der Waals surface area contributed by atoms with Crippen LogP contribution < -0.4 is 0 Å². The molecule has 0 aliphatic heterocycles. The molecule has 0 unspecified atom stereocenters. The molecule has 136 valence electrons. The highest BCUT2D eigenvalue weighted by molar-refractivity contribution is 7.71. The topological polar surface area (TPSA) is 43.8 Å². The van der Waals surface area contributed by atoms with Crippen LogP contribution in [0, 0.1) is 4.77 Å². The molecular weight excluding hydrogens is 356 g/mol. The van der Waals surface area contributed by atoms with Gasteiger partial charge in [-0.2, -0.15) is 10.2 Å². The van der Waals surface area contributed by atoms with Crippen LogP contribution in [0.25, 0.3) is 11.4 Å². The molecule has 2 aromatic carbocycles. The summed E-state index contributed by atoms with van der Waals surface area (Å²) in [5, 5.41) is 8.89. The second-order valence-corrected chi connectivity index (χ2v) is 6.77. The molecule has 4 rings (SSSR count). The Morgan fingerprint density at radius 3 is 2.30 bits per heavy atom. The van der Waals surface area contributed by atoms with Crippen LogP contribution in [0.4, 0.5) is 0 Å². The predicted octanol–water partition coefficient (Wildman–Crippen LogP) is 3.68. The summed E-state index contributed by atoms with van der Waals surface area (Å²) in [6, 6.07) is 20.1. The van der Waals surface area contributed by atoms with Crippen LogP contribution in [0.2, 0.25) is 0 Å². The van der Waals surface area contributed by atoms with Gasteiger partial charge in [0.2, 0.25) is 4.77 Å². The maximum Gasteiger partial charge on any atom is 0.203 e. The van der Waals surface area contributed by atoms with Gasteiger partial charge < -0.3 is 0 Å². The van der Waals surface area contributed by atoms with Gasteiger partial charge in [0.1, 0.15) is 6.33 Å². The van der Waals surface area contributed by atoms with Gasteiger partial charge in [-0.1, -0.05) is 36.4 Å². The first kappa shape index (κ1) is 17.4. The first-order valence-corrected chi connectivity index (χ1v) is 9.09. The number of benzene rings is 2. The van der Waals surface area contributed by atoms with Gasteiger partial charge in [0.25, 0.3) is 0 Å². The molecule has 0 amide bonds. The number of hydrogen-bond acceptors (Lipinski definition) is 4. The summed E-state index contributed by atoms with van der Waals surface area (Å²) < 4.78 is 6.30. The van der Waals surface area contributed by atoms with Crippen LogP contribution in [-0.4, -0.2) is 36.1 Å². The number of hydrogen-bond donors (Lipinski definition) is 0. The summed E-state index contributed by atoms with van der Waals surface area (Å²) in [5.74, 6) is 0. The lowest BCUT2D eigenvalue weighted by molar-refractivity contribution is 0.244. The standard InChI is InChI=1S/C20H20N6S/c1-23(13-17-12-21-25(14-17)19-10-6-3-7-11-19)16-26-20(27)24(15-22-26)18-8-4-2-5-9-18/h2-12,14-15H,13,16H2,1H3.